The summed E-state index contributed by atoms with van der Waals surface area (Å²) in [5.41, 5.74) is 6.68. The van der Waals surface area contributed by atoms with Gasteiger partial charge in [0.2, 0.25) is 0 Å². The lowest BCUT2D eigenvalue weighted by Gasteiger charge is -2.14. The van der Waals surface area contributed by atoms with E-state index in [9.17, 15) is 9.59 Å². The number of thiophene rings is 1. The Morgan fingerprint density at radius 2 is 2.00 bits per heavy atom. The van der Waals surface area contributed by atoms with Crippen LogP contribution in [-0.4, -0.2) is 43.9 Å². The Morgan fingerprint density at radius 1 is 1.38 bits per heavy atom. The maximum absolute atomic E-state index is 12.2. The van der Waals surface area contributed by atoms with E-state index < -0.39 is 0 Å². The summed E-state index contributed by atoms with van der Waals surface area (Å²) in [5.74, 6) is 0.181. The van der Waals surface area contributed by atoms with Gasteiger partial charge >= 0.3 is 0 Å². The number of carbonyl (C=O) groups excluding carboxylic acids is 2. The molecule has 7 heteroatoms. The fraction of sp³-hybridized carbons (Fsp3) is 0.571. The first-order valence-electron chi connectivity index (χ1n) is 6.99. The lowest BCUT2D eigenvalue weighted by Crippen LogP contribution is -2.24. The van der Waals surface area contributed by atoms with Crippen molar-refractivity contribution in [2.75, 3.05) is 32.2 Å². The zero-order valence-corrected chi connectivity index (χ0v) is 13.6. The van der Waals surface area contributed by atoms with Crippen LogP contribution < -0.4 is 16.4 Å². The number of nitrogens with two attached hydrogens (primary N) is 1. The van der Waals surface area contributed by atoms with Gasteiger partial charge in [-0.3, -0.25) is 9.59 Å². The predicted molar refractivity (Wildman–Crippen MR) is 85.9 cm³/mol. The first-order chi connectivity index (χ1) is 9.86. The summed E-state index contributed by atoms with van der Waals surface area (Å²) in [6.45, 7) is 2.09. The molecule has 0 aromatic carbocycles. The second-order valence-corrected chi connectivity index (χ2v) is 6.62. The number of anilines is 2. The van der Waals surface area contributed by atoms with Crippen molar-refractivity contribution in [2.45, 2.75) is 25.8 Å². The van der Waals surface area contributed by atoms with Crippen molar-refractivity contribution in [1.82, 2.24) is 10.2 Å². The van der Waals surface area contributed by atoms with Gasteiger partial charge in [-0.05, 0) is 25.7 Å². The molecular formula is C14H22N4O2S. The zero-order valence-electron chi connectivity index (χ0n) is 12.8. The molecule has 1 aromatic heterocycles. The number of hydrogen-bond donors (Lipinski definition) is 3. The first-order valence-corrected chi connectivity index (χ1v) is 7.81. The molecule has 2 rings (SSSR count). The van der Waals surface area contributed by atoms with Crippen LogP contribution in [0, 0.1) is 5.92 Å². The average molecular weight is 310 g/mol. The van der Waals surface area contributed by atoms with E-state index in [4.69, 9.17) is 5.73 Å². The van der Waals surface area contributed by atoms with E-state index >= 15 is 0 Å². The highest BCUT2D eigenvalue weighted by molar-refractivity contribution is 7.19. The average Bonchev–Trinajstić information content (AvgIpc) is 3.23. The second kappa shape index (κ2) is 5.93. The number of hydrogen-bond acceptors (Lipinski definition) is 5. The highest BCUT2D eigenvalue weighted by Gasteiger charge is 2.31. The highest BCUT2D eigenvalue weighted by atomic mass is 32.1. The predicted octanol–water partition coefficient (Wildman–Crippen LogP) is 1.60. The summed E-state index contributed by atoms with van der Waals surface area (Å²) in [6, 6.07) is 0.272. The molecule has 1 atom stereocenters. The Hall–Kier alpha value is -1.76. The van der Waals surface area contributed by atoms with E-state index in [-0.39, 0.29) is 23.5 Å². The van der Waals surface area contributed by atoms with Crippen LogP contribution >= 0.6 is 11.3 Å². The summed E-state index contributed by atoms with van der Waals surface area (Å²) < 4.78 is 0. The third-order valence-corrected chi connectivity index (χ3v) is 4.81. The first kappa shape index (κ1) is 15.6. The van der Waals surface area contributed by atoms with Crippen molar-refractivity contribution < 1.29 is 9.59 Å². The third-order valence-electron chi connectivity index (χ3n) is 3.69. The molecule has 0 saturated heterocycles. The number of nitrogens with zero attached hydrogens (tertiary/aromatic N) is 1. The minimum absolute atomic E-state index is 0.185. The molecule has 1 aliphatic rings. The van der Waals surface area contributed by atoms with E-state index in [2.05, 4.69) is 17.6 Å². The molecule has 0 spiro atoms. The van der Waals surface area contributed by atoms with Crippen molar-refractivity contribution in [2.24, 2.45) is 5.92 Å². The Bertz CT molecular complexity index is 564. The van der Waals surface area contributed by atoms with E-state index in [0.717, 1.165) is 0 Å². The van der Waals surface area contributed by atoms with Crippen LogP contribution in [0.15, 0.2) is 0 Å². The van der Waals surface area contributed by atoms with Crippen molar-refractivity contribution in [3.63, 3.8) is 0 Å². The minimum atomic E-state index is -0.271. The van der Waals surface area contributed by atoms with E-state index in [1.165, 1.54) is 29.1 Å². The standard InChI is InChI=1S/C14H22N4O2S/c1-7(8-5-6-8)17-13-9(12(19)16-2)10(15)11(21-13)14(20)18(3)4/h7-8,17H,5-6,15H2,1-4H3,(H,16,19). The molecule has 0 bridgehead atoms. The Morgan fingerprint density at radius 3 is 2.48 bits per heavy atom. The molecule has 1 unspecified atom stereocenters. The lowest BCUT2D eigenvalue weighted by molar-refractivity contribution is 0.0833. The van der Waals surface area contributed by atoms with Gasteiger partial charge in [-0.15, -0.1) is 11.3 Å². The molecule has 1 heterocycles. The van der Waals surface area contributed by atoms with Gasteiger partial charge in [0.25, 0.3) is 11.8 Å². The Labute approximate surface area is 128 Å². The van der Waals surface area contributed by atoms with Crippen molar-refractivity contribution in [1.29, 1.82) is 0 Å². The molecule has 0 aliphatic heterocycles. The van der Waals surface area contributed by atoms with Crippen molar-refractivity contribution >= 4 is 33.8 Å². The SMILES string of the molecule is CNC(=O)c1c(NC(C)C2CC2)sc(C(=O)N(C)C)c1N. The normalized spacial score (nSPS) is 15.4. The van der Waals surface area contributed by atoms with Crippen LogP contribution in [0.3, 0.4) is 0 Å². The fourth-order valence-corrected chi connectivity index (χ4v) is 3.41. The van der Waals surface area contributed by atoms with Gasteiger partial charge in [-0.2, -0.15) is 0 Å². The summed E-state index contributed by atoms with van der Waals surface area (Å²) in [7, 11) is 4.89. The molecule has 0 radical (unpaired) electrons. The molecule has 4 N–H and O–H groups in total. The van der Waals surface area contributed by atoms with E-state index in [0.29, 0.717) is 21.4 Å². The Balaban J connectivity index is 2.38. The maximum Gasteiger partial charge on any atom is 0.265 e. The number of nitrogens with one attached hydrogen (secondary N) is 2. The van der Waals surface area contributed by atoms with Crippen LogP contribution in [0.2, 0.25) is 0 Å². The summed E-state index contributed by atoms with van der Waals surface area (Å²) in [5, 5.41) is 6.61. The van der Waals surface area contributed by atoms with Crippen LogP contribution in [0.4, 0.5) is 10.7 Å². The van der Waals surface area contributed by atoms with Crippen LogP contribution in [0.1, 0.15) is 39.8 Å². The summed E-state index contributed by atoms with van der Waals surface area (Å²) in [6.07, 6.45) is 2.40. The summed E-state index contributed by atoms with van der Waals surface area (Å²) >= 11 is 1.25. The highest BCUT2D eigenvalue weighted by Crippen LogP contribution is 2.40. The van der Waals surface area contributed by atoms with E-state index in [1.807, 2.05) is 0 Å². The minimum Gasteiger partial charge on any atom is -0.397 e. The molecular weight excluding hydrogens is 288 g/mol. The number of carbonyl (C=O) groups is 2. The molecule has 1 fully saturated rings. The molecule has 1 aromatic rings. The topological polar surface area (TPSA) is 87.5 Å². The smallest absolute Gasteiger partial charge is 0.265 e. The van der Waals surface area contributed by atoms with Gasteiger partial charge in [-0.25, -0.2) is 0 Å². The van der Waals surface area contributed by atoms with Gasteiger partial charge in [0, 0.05) is 27.2 Å². The fourth-order valence-electron chi connectivity index (χ4n) is 2.18. The van der Waals surface area contributed by atoms with Gasteiger partial charge < -0.3 is 21.3 Å². The zero-order chi connectivity index (χ0) is 15.7. The number of rotatable bonds is 5. The quantitative estimate of drug-likeness (QED) is 0.771. The van der Waals surface area contributed by atoms with Gasteiger partial charge in [0.05, 0.1) is 11.3 Å². The van der Waals surface area contributed by atoms with Crippen molar-refractivity contribution in [3.8, 4) is 0 Å². The molecule has 2 amide bonds. The lowest BCUT2D eigenvalue weighted by atomic mass is 10.2. The van der Waals surface area contributed by atoms with E-state index in [1.54, 1.807) is 21.1 Å². The third kappa shape index (κ3) is 3.12. The number of nitrogen functional groups attached to an aromatic ring is 1. The second-order valence-electron chi connectivity index (χ2n) is 5.60. The van der Waals surface area contributed by atoms with Crippen LogP contribution in [-0.2, 0) is 0 Å². The van der Waals surface area contributed by atoms with Crippen molar-refractivity contribution in [3.05, 3.63) is 10.4 Å². The molecule has 21 heavy (non-hydrogen) atoms. The molecule has 1 saturated carbocycles. The maximum atomic E-state index is 12.2. The van der Waals surface area contributed by atoms with Crippen LogP contribution in [0.25, 0.3) is 0 Å². The van der Waals surface area contributed by atoms with Gasteiger partial charge in [0.1, 0.15) is 9.88 Å². The van der Waals surface area contributed by atoms with Gasteiger partial charge in [-0.1, -0.05) is 0 Å². The van der Waals surface area contributed by atoms with Gasteiger partial charge in [0.15, 0.2) is 0 Å². The molecule has 116 valence electrons. The Kier molecular flexibility index (Phi) is 4.41. The molecule has 1 aliphatic carbocycles. The summed E-state index contributed by atoms with van der Waals surface area (Å²) in [4.78, 5) is 26.1. The number of amides is 2. The molecule has 6 nitrogen and oxygen atoms in total. The largest absolute Gasteiger partial charge is 0.397 e. The van der Waals surface area contributed by atoms with Crippen LogP contribution in [0.5, 0.6) is 0 Å². The monoisotopic (exact) mass is 310 g/mol.